The van der Waals surface area contributed by atoms with Crippen molar-refractivity contribution in [3.8, 4) is 11.1 Å². The summed E-state index contributed by atoms with van der Waals surface area (Å²) in [5.74, 6) is 1.11. The third kappa shape index (κ3) is 3.07. The number of aryl methyl sites for hydroxylation is 1. The molecule has 0 heteroatoms. The molecular formula is C24H30. The fraction of sp³-hybridized carbons (Fsp3) is 0.417. The van der Waals surface area contributed by atoms with Crippen LogP contribution in [0.5, 0.6) is 0 Å². The van der Waals surface area contributed by atoms with Crippen molar-refractivity contribution < 1.29 is 0 Å². The zero-order valence-electron chi connectivity index (χ0n) is 16.0. The van der Waals surface area contributed by atoms with Crippen molar-refractivity contribution in [2.75, 3.05) is 0 Å². The second-order valence-electron chi connectivity index (χ2n) is 7.86. The first kappa shape index (κ1) is 17.0. The Bertz CT molecular complexity index is 762. The molecule has 0 amide bonds. The Kier molecular flexibility index (Phi) is 4.67. The van der Waals surface area contributed by atoms with Crippen molar-refractivity contribution >= 4 is 6.08 Å². The molecule has 0 N–H and O–H groups in total. The Morgan fingerprint density at radius 1 is 0.917 bits per heavy atom. The highest BCUT2D eigenvalue weighted by Crippen LogP contribution is 2.39. The number of benzene rings is 2. The fourth-order valence-electron chi connectivity index (χ4n) is 3.69. The van der Waals surface area contributed by atoms with Crippen LogP contribution in [0.2, 0.25) is 0 Å². The maximum Gasteiger partial charge on any atom is -0.00577 e. The van der Waals surface area contributed by atoms with Crippen molar-refractivity contribution in [3.63, 3.8) is 0 Å². The van der Waals surface area contributed by atoms with E-state index in [4.69, 9.17) is 0 Å². The van der Waals surface area contributed by atoms with Crippen LogP contribution in [0.15, 0.2) is 35.9 Å². The molecule has 0 spiro atoms. The van der Waals surface area contributed by atoms with Gasteiger partial charge in [-0.15, -0.1) is 0 Å². The smallest absolute Gasteiger partial charge is 0.00577 e. The van der Waals surface area contributed by atoms with Gasteiger partial charge in [-0.3, -0.25) is 0 Å². The summed E-state index contributed by atoms with van der Waals surface area (Å²) in [6, 6.07) is 11.8. The first-order valence-corrected chi connectivity index (χ1v) is 9.37. The molecule has 126 valence electrons. The molecule has 0 unspecified atom stereocenters. The average Bonchev–Trinajstić information content (AvgIpc) is 2.97. The van der Waals surface area contributed by atoms with Gasteiger partial charge in [0.2, 0.25) is 0 Å². The number of allylic oxidation sites excluding steroid dienone is 1. The van der Waals surface area contributed by atoms with Crippen LogP contribution in [0.1, 0.15) is 80.7 Å². The van der Waals surface area contributed by atoms with Gasteiger partial charge in [-0.1, -0.05) is 76.6 Å². The summed E-state index contributed by atoms with van der Waals surface area (Å²) in [5, 5.41) is 0. The van der Waals surface area contributed by atoms with E-state index in [0.29, 0.717) is 11.8 Å². The van der Waals surface area contributed by atoms with Gasteiger partial charge in [0.15, 0.2) is 0 Å². The van der Waals surface area contributed by atoms with Gasteiger partial charge in [0.1, 0.15) is 0 Å². The number of hydrogen-bond donors (Lipinski definition) is 0. The lowest BCUT2D eigenvalue weighted by molar-refractivity contribution is 0.834. The molecule has 1 aliphatic rings. The van der Waals surface area contributed by atoms with Crippen LogP contribution < -0.4 is 0 Å². The third-order valence-electron chi connectivity index (χ3n) is 5.36. The van der Waals surface area contributed by atoms with Crippen molar-refractivity contribution in [3.05, 3.63) is 63.7 Å². The van der Waals surface area contributed by atoms with Crippen molar-refractivity contribution in [2.45, 2.75) is 66.2 Å². The van der Waals surface area contributed by atoms with Gasteiger partial charge in [0.25, 0.3) is 0 Å². The predicted octanol–water partition coefficient (Wildman–Crippen LogP) is 7.26. The molecular weight excluding hydrogens is 288 g/mol. The molecule has 0 atom stereocenters. The highest BCUT2D eigenvalue weighted by atomic mass is 14.2. The highest BCUT2D eigenvalue weighted by Gasteiger charge is 2.19. The molecule has 0 saturated carbocycles. The van der Waals surface area contributed by atoms with E-state index in [9.17, 15) is 0 Å². The third-order valence-corrected chi connectivity index (χ3v) is 5.36. The normalized spacial score (nSPS) is 13.6. The van der Waals surface area contributed by atoms with Crippen molar-refractivity contribution in [1.82, 2.24) is 0 Å². The lowest BCUT2D eigenvalue weighted by atomic mass is 9.87. The summed E-state index contributed by atoms with van der Waals surface area (Å²) >= 11 is 0. The average molecular weight is 319 g/mol. The van der Waals surface area contributed by atoms with E-state index in [1.165, 1.54) is 38.9 Å². The molecule has 0 saturated heterocycles. The Morgan fingerprint density at radius 2 is 1.54 bits per heavy atom. The number of rotatable bonds is 4. The van der Waals surface area contributed by atoms with Crippen LogP contribution in [0, 0.1) is 6.92 Å². The molecule has 24 heavy (non-hydrogen) atoms. The monoisotopic (exact) mass is 318 g/mol. The van der Waals surface area contributed by atoms with E-state index in [-0.39, 0.29) is 0 Å². The van der Waals surface area contributed by atoms with E-state index in [0.717, 1.165) is 12.8 Å². The topological polar surface area (TPSA) is 0 Å². The van der Waals surface area contributed by atoms with Crippen molar-refractivity contribution in [2.24, 2.45) is 0 Å². The quantitative estimate of drug-likeness (QED) is 0.556. The summed E-state index contributed by atoms with van der Waals surface area (Å²) in [6.45, 7) is 13.7. The summed E-state index contributed by atoms with van der Waals surface area (Å²) < 4.78 is 0. The molecule has 0 heterocycles. The predicted molar refractivity (Wildman–Crippen MR) is 107 cm³/mol. The van der Waals surface area contributed by atoms with E-state index >= 15 is 0 Å². The minimum Gasteiger partial charge on any atom is -0.0655 e. The molecule has 0 radical (unpaired) electrons. The summed E-state index contributed by atoms with van der Waals surface area (Å²) in [7, 11) is 0. The van der Waals surface area contributed by atoms with Gasteiger partial charge in [0, 0.05) is 0 Å². The van der Waals surface area contributed by atoms with Gasteiger partial charge in [-0.25, -0.2) is 0 Å². The van der Waals surface area contributed by atoms with Crippen LogP contribution in [0.4, 0.5) is 0 Å². The van der Waals surface area contributed by atoms with Crippen LogP contribution in [-0.4, -0.2) is 0 Å². The molecule has 0 nitrogen and oxygen atoms in total. The summed E-state index contributed by atoms with van der Waals surface area (Å²) in [5.41, 5.74) is 11.6. The van der Waals surface area contributed by atoms with Crippen LogP contribution >= 0.6 is 0 Å². The van der Waals surface area contributed by atoms with Gasteiger partial charge in [-0.05, 0) is 70.5 Å². The molecule has 3 rings (SSSR count). The maximum absolute atomic E-state index is 2.44. The van der Waals surface area contributed by atoms with Crippen LogP contribution in [-0.2, 0) is 6.42 Å². The van der Waals surface area contributed by atoms with E-state index in [1.54, 1.807) is 5.57 Å². The number of fused-ring (bicyclic) bond motifs is 1. The zero-order chi connectivity index (χ0) is 17.4. The molecule has 2 aromatic carbocycles. The fourth-order valence-corrected chi connectivity index (χ4v) is 3.69. The largest absolute Gasteiger partial charge is 0.0655 e. The van der Waals surface area contributed by atoms with E-state index < -0.39 is 0 Å². The van der Waals surface area contributed by atoms with Gasteiger partial charge in [-0.2, -0.15) is 0 Å². The second-order valence-corrected chi connectivity index (χ2v) is 7.86. The minimum absolute atomic E-state index is 0.557. The Labute approximate surface area is 147 Å². The van der Waals surface area contributed by atoms with Gasteiger partial charge >= 0.3 is 0 Å². The molecule has 0 bridgehead atoms. The zero-order valence-corrected chi connectivity index (χ0v) is 16.0. The molecule has 0 aliphatic heterocycles. The minimum atomic E-state index is 0.557. The Hall–Kier alpha value is -1.82. The standard InChI is InChI=1S/C24H30/c1-7-18-10-19-9-8-17(6)24(23(19)11-18)22-13-20(15(2)3)12-21(14-22)16(4)5/h8-9,11-16H,7,10H2,1-6H3. The Balaban J connectivity index is 2.23. The summed E-state index contributed by atoms with van der Waals surface area (Å²) in [4.78, 5) is 0. The summed E-state index contributed by atoms with van der Waals surface area (Å²) in [6.07, 6.45) is 4.71. The molecule has 0 fully saturated rings. The van der Waals surface area contributed by atoms with Crippen molar-refractivity contribution in [1.29, 1.82) is 0 Å². The second kappa shape index (κ2) is 6.59. The maximum atomic E-state index is 2.44. The first-order valence-electron chi connectivity index (χ1n) is 9.37. The van der Waals surface area contributed by atoms with E-state index in [2.05, 4.69) is 78.0 Å². The van der Waals surface area contributed by atoms with Gasteiger partial charge < -0.3 is 0 Å². The molecule has 0 aromatic heterocycles. The lowest BCUT2D eigenvalue weighted by Crippen LogP contribution is -1.97. The molecule has 1 aliphatic carbocycles. The van der Waals surface area contributed by atoms with Gasteiger partial charge in [0.05, 0.1) is 0 Å². The number of hydrogen-bond acceptors (Lipinski definition) is 0. The molecule has 2 aromatic rings. The van der Waals surface area contributed by atoms with Crippen LogP contribution in [0.25, 0.3) is 17.2 Å². The van der Waals surface area contributed by atoms with E-state index in [1.807, 2.05) is 0 Å². The first-order chi connectivity index (χ1) is 11.4. The Morgan fingerprint density at radius 3 is 2.08 bits per heavy atom. The highest BCUT2D eigenvalue weighted by molar-refractivity contribution is 5.83. The SMILES string of the molecule is CCC1=Cc2c(ccc(C)c2-c2cc(C(C)C)cc(C(C)C)c2)C1. The van der Waals surface area contributed by atoms with Crippen LogP contribution in [0.3, 0.4) is 0 Å². The lowest BCUT2D eigenvalue weighted by Gasteiger charge is -2.18.